The van der Waals surface area contributed by atoms with Crippen molar-refractivity contribution in [3.8, 4) is 11.4 Å². The van der Waals surface area contributed by atoms with E-state index in [0.717, 1.165) is 5.56 Å². The van der Waals surface area contributed by atoms with Gasteiger partial charge in [0.1, 0.15) is 17.9 Å². The van der Waals surface area contributed by atoms with Crippen LogP contribution in [0.3, 0.4) is 0 Å². The van der Waals surface area contributed by atoms with Crippen LogP contribution in [0.25, 0.3) is 11.4 Å². The summed E-state index contributed by atoms with van der Waals surface area (Å²) >= 11 is 0. The summed E-state index contributed by atoms with van der Waals surface area (Å²) in [5.74, 6) is -3.48. The molecule has 2 aromatic heterocycles. The lowest BCUT2D eigenvalue weighted by atomic mass is 9.87. The van der Waals surface area contributed by atoms with E-state index in [4.69, 9.17) is 15.0 Å². The second-order valence-corrected chi connectivity index (χ2v) is 6.69. The SMILES string of the molecule is CC(C)(CC(=O)CC[n+]1ccc(-c2ncccn2)cn1)C(=O)O.O=C([O-])C(F)(F)F. The van der Waals surface area contributed by atoms with Crippen LogP contribution in [-0.2, 0) is 20.9 Å². The summed E-state index contributed by atoms with van der Waals surface area (Å²) in [5.41, 5.74) is -0.246. The Morgan fingerprint density at radius 3 is 2.17 bits per heavy atom. The highest BCUT2D eigenvalue weighted by Gasteiger charge is 2.30. The van der Waals surface area contributed by atoms with Gasteiger partial charge in [-0.2, -0.15) is 13.2 Å². The number of Topliss-reactive ketones (excluding diaryl/α,β-unsaturated/α-hetero) is 1. The van der Waals surface area contributed by atoms with Gasteiger partial charge in [-0.25, -0.2) is 9.97 Å². The molecular weight excluding hydrogens is 409 g/mol. The van der Waals surface area contributed by atoms with E-state index in [2.05, 4.69) is 15.1 Å². The molecule has 30 heavy (non-hydrogen) atoms. The van der Waals surface area contributed by atoms with Crippen molar-refractivity contribution in [2.24, 2.45) is 5.41 Å². The second kappa shape index (κ2) is 10.4. The van der Waals surface area contributed by atoms with Crippen LogP contribution in [0.5, 0.6) is 0 Å². The molecule has 0 saturated heterocycles. The third-order valence-electron chi connectivity index (χ3n) is 3.66. The van der Waals surface area contributed by atoms with Gasteiger partial charge in [0.05, 0.1) is 11.8 Å². The van der Waals surface area contributed by atoms with Gasteiger partial charge >= 0.3 is 12.1 Å². The van der Waals surface area contributed by atoms with Crippen molar-refractivity contribution < 1.29 is 42.4 Å². The lowest BCUT2D eigenvalue weighted by Crippen LogP contribution is -2.39. The molecule has 162 valence electrons. The molecule has 0 aliphatic carbocycles. The van der Waals surface area contributed by atoms with Crippen LogP contribution in [-0.4, -0.2) is 44.1 Å². The van der Waals surface area contributed by atoms with E-state index in [0.29, 0.717) is 12.4 Å². The Morgan fingerprint density at radius 1 is 1.17 bits per heavy atom. The molecule has 0 spiro atoms. The standard InChI is InChI=1S/C16H18N4O3.C2HF3O2/c1-16(2,15(22)23)10-13(21)5-9-20-8-4-12(11-19-20)14-17-6-3-7-18-14;3-2(4,5)1(6)7/h3-4,6-8,11H,5,9-10H2,1-2H3;(H,6,7). The van der Waals surface area contributed by atoms with Crippen molar-refractivity contribution in [2.45, 2.75) is 39.4 Å². The van der Waals surface area contributed by atoms with Gasteiger partial charge in [0.2, 0.25) is 0 Å². The number of nitrogens with zero attached hydrogens (tertiary/aromatic N) is 4. The first-order valence-electron chi connectivity index (χ1n) is 8.49. The van der Waals surface area contributed by atoms with Gasteiger partial charge in [0.15, 0.2) is 18.6 Å². The summed E-state index contributed by atoms with van der Waals surface area (Å²) in [7, 11) is 0. The highest BCUT2D eigenvalue weighted by Crippen LogP contribution is 2.21. The van der Waals surface area contributed by atoms with Gasteiger partial charge in [-0.1, -0.05) is 4.68 Å². The molecule has 0 fully saturated rings. The molecule has 0 saturated carbocycles. The number of hydrogen-bond donors (Lipinski definition) is 1. The van der Waals surface area contributed by atoms with Crippen LogP contribution >= 0.6 is 0 Å². The summed E-state index contributed by atoms with van der Waals surface area (Å²) < 4.78 is 33.2. The fourth-order valence-electron chi connectivity index (χ4n) is 1.99. The summed E-state index contributed by atoms with van der Waals surface area (Å²) in [6.45, 7) is 3.50. The molecule has 0 unspecified atom stereocenters. The van der Waals surface area contributed by atoms with Crippen molar-refractivity contribution in [1.29, 1.82) is 0 Å². The van der Waals surface area contributed by atoms with Gasteiger partial charge < -0.3 is 15.0 Å². The lowest BCUT2D eigenvalue weighted by molar-refractivity contribution is -0.752. The van der Waals surface area contributed by atoms with E-state index in [1.54, 1.807) is 49.4 Å². The minimum absolute atomic E-state index is 0.0127. The smallest absolute Gasteiger partial charge is 0.430 e. The van der Waals surface area contributed by atoms with Gasteiger partial charge in [-0.15, -0.1) is 0 Å². The van der Waals surface area contributed by atoms with Crippen LogP contribution in [0.2, 0.25) is 0 Å². The molecular formula is C18H19F3N4O5. The molecule has 0 bridgehead atoms. The average molecular weight is 428 g/mol. The highest BCUT2D eigenvalue weighted by atomic mass is 19.4. The van der Waals surface area contributed by atoms with E-state index < -0.39 is 23.5 Å². The Balaban J connectivity index is 0.000000553. The molecule has 0 aromatic carbocycles. The van der Waals surface area contributed by atoms with Crippen molar-refractivity contribution in [3.05, 3.63) is 36.9 Å². The first-order valence-corrected chi connectivity index (χ1v) is 8.49. The first kappa shape index (κ1) is 24.6. The summed E-state index contributed by atoms with van der Waals surface area (Å²) in [4.78, 5) is 40.0. The van der Waals surface area contributed by atoms with E-state index >= 15 is 0 Å². The average Bonchev–Trinajstić information content (AvgIpc) is 2.67. The number of halogens is 3. The number of alkyl halides is 3. The normalized spacial score (nSPS) is 11.2. The maximum atomic E-state index is 11.9. The summed E-state index contributed by atoms with van der Waals surface area (Å²) in [5, 5.41) is 22.0. The number of carbonyl (C=O) groups excluding carboxylic acids is 2. The second-order valence-electron chi connectivity index (χ2n) is 6.69. The monoisotopic (exact) mass is 428 g/mol. The molecule has 0 aliphatic heterocycles. The van der Waals surface area contributed by atoms with Crippen molar-refractivity contribution in [2.75, 3.05) is 0 Å². The third kappa shape index (κ3) is 8.29. The van der Waals surface area contributed by atoms with Crippen LogP contribution in [0.15, 0.2) is 36.9 Å². The highest BCUT2D eigenvalue weighted by molar-refractivity contribution is 5.85. The van der Waals surface area contributed by atoms with Gasteiger partial charge in [-0.3, -0.25) is 9.59 Å². The maximum absolute atomic E-state index is 11.9. The first-order chi connectivity index (χ1) is 13.8. The van der Waals surface area contributed by atoms with E-state index in [1.165, 1.54) is 0 Å². The quantitative estimate of drug-likeness (QED) is 0.633. The molecule has 0 amide bonds. The van der Waals surface area contributed by atoms with E-state index in [1.807, 2.05) is 6.07 Å². The molecule has 12 heteroatoms. The number of ketones is 1. The molecule has 0 atom stereocenters. The summed E-state index contributed by atoms with van der Waals surface area (Å²) in [6.07, 6.45) is 1.77. The van der Waals surface area contributed by atoms with Crippen molar-refractivity contribution in [3.63, 3.8) is 0 Å². The number of carboxylic acids is 2. The Kier molecular flexibility index (Phi) is 8.50. The molecule has 2 aromatic rings. The van der Waals surface area contributed by atoms with Crippen LogP contribution in [0, 0.1) is 5.41 Å². The minimum atomic E-state index is -5.19. The largest absolute Gasteiger partial charge is 0.542 e. The van der Waals surface area contributed by atoms with Gasteiger partial charge in [0, 0.05) is 30.4 Å². The zero-order chi connectivity index (χ0) is 22.9. The molecule has 9 nitrogen and oxygen atoms in total. The number of aliphatic carboxylic acids is 2. The fraction of sp³-hybridized carbons (Fsp3) is 0.389. The topological polar surface area (TPSA) is 137 Å². The number of aryl methyl sites for hydroxylation is 1. The van der Waals surface area contributed by atoms with E-state index in [-0.39, 0.29) is 18.6 Å². The Hall–Kier alpha value is -3.44. The number of aromatic nitrogens is 4. The molecule has 1 N–H and O–H groups in total. The zero-order valence-corrected chi connectivity index (χ0v) is 16.1. The van der Waals surface area contributed by atoms with E-state index in [9.17, 15) is 22.8 Å². The number of rotatable bonds is 7. The minimum Gasteiger partial charge on any atom is -0.542 e. The number of hydrogen-bond acceptors (Lipinski definition) is 7. The van der Waals surface area contributed by atoms with Crippen LogP contribution < -0.4 is 9.79 Å². The van der Waals surface area contributed by atoms with Gasteiger partial charge in [0.25, 0.3) is 0 Å². The molecule has 2 rings (SSSR count). The van der Waals surface area contributed by atoms with Crippen molar-refractivity contribution in [1.82, 2.24) is 15.1 Å². The number of carbonyl (C=O) groups is 3. The predicted octanol–water partition coefficient (Wildman–Crippen LogP) is 0.585. The van der Waals surface area contributed by atoms with Crippen LogP contribution in [0.1, 0.15) is 26.7 Å². The Morgan fingerprint density at radius 2 is 1.73 bits per heavy atom. The lowest BCUT2D eigenvalue weighted by Gasteiger charge is -2.17. The summed E-state index contributed by atoms with van der Waals surface area (Å²) in [6, 6.07) is 3.57. The maximum Gasteiger partial charge on any atom is 0.430 e. The number of carboxylic acid groups (broad SMARTS) is 2. The Labute approximate surface area is 169 Å². The molecule has 2 heterocycles. The molecule has 0 radical (unpaired) electrons. The predicted molar refractivity (Wildman–Crippen MR) is 92.2 cm³/mol. The third-order valence-corrected chi connectivity index (χ3v) is 3.66. The molecule has 0 aliphatic rings. The fourth-order valence-corrected chi connectivity index (χ4v) is 1.99. The zero-order valence-electron chi connectivity index (χ0n) is 16.1. The Bertz CT molecular complexity index is 872. The van der Waals surface area contributed by atoms with Gasteiger partial charge in [-0.05, 0) is 25.0 Å². The van der Waals surface area contributed by atoms with Crippen LogP contribution in [0.4, 0.5) is 13.2 Å². The van der Waals surface area contributed by atoms with Crippen molar-refractivity contribution >= 4 is 17.7 Å².